The lowest BCUT2D eigenvalue weighted by Gasteiger charge is -2.40. The lowest BCUT2D eigenvalue weighted by molar-refractivity contribution is -0.302. The van der Waals surface area contributed by atoms with Crippen LogP contribution in [0.3, 0.4) is 0 Å². The van der Waals surface area contributed by atoms with Gasteiger partial charge in [-0.1, -0.05) is 254 Å². The molecule has 402 valence electrons. The lowest BCUT2D eigenvalue weighted by Crippen LogP contribution is -2.60. The SMILES string of the molecule is CC/C=C\C/C=C\C/C=C\C/C=C\C/C=C\CCCCCCCCCCCC(=O)NC(COC1OC(CO)C(O)C(O)C1O)C(O)CCCCCCCCCCCCCCCCCCCCCCC. The summed E-state index contributed by atoms with van der Waals surface area (Å²) >= 11 is 0. The fourth-order valence-electron chi connectivity index (χ4n) is 9.07. The molecular weight excluding hydrogens is 863 g/mol. The summed E-state index contributed by atoms with van der Waals surface area (Å²) in [5.41, 5.74) is 0. The summed E-state index contributed by atoms with van der Waals surface area (Å²) in [6.45, 7) is 3.74. The molecule has 0 saturated carbocycles. The normalized spacial score (nSPS) is 19.9. The van der Waals surface area contributed by atoms with Gasteiger partial charge >= 0.3 is 0 Å². The van der Waals surface area contributed by atoms with Crippen LogP contribution >= 0.6 is 0 Å². The van der Waals surface area contributed by atoms with Gasteiger partial charge in [0.2, 0.25) is 5.91 Å². The van der Waals surface area contributed by atoms with Crippen molar-refractivity contribution in [1.29, 1.82) is 0 Å². The highest BCUT2D eigenvalue weighted by Gasteiger charge is 2.44. The van der Waals surface area contributed by atoms with Crippen LogP contribution in [0.25, 0.3) is 0 Å². The molecule has 0 aliphatic carbocycles. The van der Waals surface area contributed by atoms with Crippen molar-refractivity contribution in [1.82, 2.24) is 5.32 Å². The van der Waals surface area contributed by atoms with E-state index in [1.54, 1.807) is 0 Å². The van der Waals surface area contributed by atoms with Crippen molar-refractivity contribution in [2.75, 3.05) is 13.2 Å². The van der Waals surface area contributed by atoms with Crippen molar-refractivity contribution in [2.24, 2.45) is 0 Å². The van der Waals surface area contributed by atoms with Gasteiger partial charge in [0.25, 0.3) is 0 Å². The number of nitrogens with one attached hydrogen (secondary N) is 1. The molecule has 6 N–H and O–H groups in total. The van der Waals surface area contributed by atoms with Gasteiger partial charge in [-0.15, -0.1) is 0 Å². The molecule has 0 aromatic rings. The third kappa shape index (κ3) is 39.1. The van der Waals surface area contributed by atoms with Crippen molar-refractivity contribution < 1.29 is 39.8 Å². The Balaban J connectivity index is 2.22. The monoisotopic (exact) mass is 972 g/mol. The van der Waals surface area contributed by atoms with Crippen LogP contribution in [-0.4, -0.2) is 87.5 Å². The van der Waals surface area contributed by atoms with E-state index in [0.29, 0.717) is 12.8 Å². The van der Waals surface area contributed by atoms with Gasteiger partial charge in [0.15, 0.2) is 6.29 Å². The maximum atomic E-state index is 13.1. The van der Waals surface area contributed by atoms with Crippen LogP contribution in [0.4, 0.5) is 0 Å². The van der Waals surface area contributed by atoms with E-state index in [4.69, 9.17) is 9.47 Å². The molecule has 7 unspecified atom stereocenters. The molecule has 1 rings (SSSR count). The van der Waals surface area contributed by atoms with E-state index in [-0.39, 0.29) is 12.5 Å². The second-order valence-corrected chi connectivity index (χ2v) is 20.1. The summed E-state index contributed by atoms with van der Waals surface area (Å²) in [5.74, 6) is -0.150. The number of amides is 1. The van der Waals surface area contributed by atoms with Gasteiger partial charge in [-0.2, -0.15) is 0 Å². The predicted molar refractivity (Wildman–Crippen MR) is 290 cm³/mol. The number of unbranched alkanes of at least 4 members (excludes halogenated alkanes) is 29. The van der Waals surface area contributed by atoms with Crippen LogP contribution in [0.15, 0.2) is 60.8 Å². The highest BCUT2D eigenvalue weighted by atomic mass is 16.7. The molecule has 9 heteroatoms. The van der Waals surface area contributed by atoms with Crippen LogP contribution < -0.4 is 5.32 Å². The highest BCUT2D eigenvalue weighted by Crippen LogP contribution is 2.23. The van der Waals surface area contributed by atoms with E-state index in [0.717, 1.165) is 77.0 Å². The minimum absolute atomic E-state index is 0.142. The highest BCUT2D eigenvalue weighted by molar-refractivity contribution is 5.76. The number of aliphatic hydroxyl groups is 5. The largest absolute Gasteiger partial charge is 0.394 e. The molecule has 1 aliphatic rings. The summed E-state index contributed by atoms with van der Waals surface area (Å²) in [4.78, 5) is 13.1. The Morgan fingerprint density at radius 3 is 1.33 bits per heavy atom. The number of hydrogen-bond donors (Lipinski definition) is 6. The van der Waals surface area contributed by atoms with Crippen molar-refractivity contribution in [3.05, 3.63) is 60.8 Å². The number of ether oxygens (including phenoxy) is 2. The Bertz CT molecular complexity index is 1270. The third-order valence-electron chi connectivity index (χ3n) is 13.6. The van der Waals surface area contributed by atoms with Crippen molar-refractivity contribution in [3.63, 3.8) is 0 Å². The molecule has 1 heterocycles. The molecule has 0 aromatic carbocycles. The maximum Gasteiger partial charge on any atom is 0.220 e. The minimum Gasteiger partial charge on any atom is -0.394 e. The molecule has 1 saturated heterocycles. The second kappa shape index (κ2) is 49.5. The Labute approximate surface area is 424 Å². The summed E-state index contributed by atoms with van der Waals surface area (Å²) in [6.07, 6.45) is 59.5. The first-order valence-electron chi connectivity index (χ1n) is 29.0. The van der Waals surface area contributed by atoms with E-state index in [9.17, 15) is 30.3 Å². The zero-order chi connectivity index (χ0) is 50.1. The zero-order valence-corrected chi connectivity index (χ0v) is 44.6. The molecule has 0 aromatic heterocycles. The summed E-state index contributed by atoms with van der Waals surface area (Å²) in [7, 11) is 0. The molecule has 0 bridgehead atoms. The molecule has 7 atom stereocenters. The van der Waals surface area contributed by atoms with Crippen LogP contribution in [0.5, 0.6) is 0 Å². The quantitative estimate of drug-likeness (QED) is 0.0261. The van der Waals surface area contributed by atoms with Crippen LogP contribution in [0.2, 0.25) is 0 Å². The van der Waals surface area contributed by atoms with Crippen molar-refractivity contribution in [2.45, 2.75) is 301 Å². The third-order valence-corrected chi connectivity index (χ3v) is 13.6. The topological polar surface area (TPSA) is 149 Å². The fraction of sp³-hybridized carbons (Fsp3) is 0.817. The van der Waals surface area contributed by atoms with E-state index in [1.165, 1.54) is 154 Å². The van der Waals surface area contributed by atoms with Gasteiger partial charge in [0.05, 0.1) is 25.4 Å². The molecule has 1 amide bonds. The number of allylic oxidation sites excluding steroid dienone is 10. The summed E-state index contributed by atoms with van der Waals surface area (Å²) < 4.78 is 11.3. The van der Waals surface area contributed by atoms with E-state index >= 15 is 0 Å². The minimum atomic E-state index is -1.56. The van der Waals surface area contributed by atoms with E-state index in [2.05, 4.69) is 79.9 Å². The first-order chi connectivity index (χ1) is 33.8. The fourth-order valence-corrected chi connectivity index (χ4v) is 9.07. The number of aliphatic hydroxyl groups excluding tert-OH is 5. The smallest absolute Gasteiger partial charge is 0.220 e. The average Bonchev–Trinajstić information content (AvgIpc) is 3.35. The zero-order valence-electron chi connectivity index (χ0n) is 44.6. The molecule has 0 radical (unpaired) electrons. The first-order valence-corrected chi connectivity index (χ1v) is 29.0. The Hall–Kier alpha value is -2.11. The first kappa shape index (κ1) is 64.9. The molecule has 0 spiro atoms. The maximum absolute atomic E-state index is 13.1. The predicted octanol–water partition coefficient (Wildman–Crippen LogP) is 14.3. The van der Waals surface area contributed by atoms with Gasteiger partial charge in [-0.25, -0.2) is 0 Å². The summed E-state index contributed by atoms with van der Waals surface area (Å²) in [6, 6.07) is -0.726. The lowest BCUT2D eigenvalue weighted by atomic mass is 9.99. The Morgan fingerprint density at radius 1 is 0.507 bits per heavy atom. The number of hydrogen-bond acceptors (Lipinski definition) is 8. The summed E-state index contributed by atoms with van der Waals surface area (Å²) in [5, 5.41) is 54.7. The van der Waals surface area contributed by atoms with Gasteiger partial charge in [-0.3, -0.25) is 4.79 Å². The van der Waals surface area contributed by atoms with Gasteiger partial charge in [-0.05, 0) is 57.8 Å². The van der Waals surface area contributed by atoms with Crippen molar-refractivity contribution >= 4 is 5.91 Å². The average molecular weight is 973 g/mol. The van der Waals surface area contributed by atoms with Crippen molar-refractivity contribution in [3.8, 4) is 0 Å². The molecule has 1 aliphatic heterocycles. The van der Waals surface area contributed by atoms with Gasteiger partial charge in [0, 0.05) is 6.42 Å². The number of rotatable bonds is 49. The van der Waals surface area contributed by atoms with Crippen LogP contribution in [0, 0.1) is 0 Å². The van der Waals surface area contributed by atoms with Crippen LogP contribution in [-0.2, 0) is 14.3 Å². The molecule has 9 nitrogen and oxygen atoms in total. The number of carbonyl (C=O) groups is 1. The molecule has 69 heavy (non-hydrogen) atoms. The molecule has 1 fully saturated rings. The van der Waals surface area contributed by atoms with E-state index in [1.807, 2.05) is 0 Å². The second-order valence-electron chi connectivity index (χ2n) is 20.1. The van der Waals surface area contributed by atoms with Gasteiger partial charge < -0.3 is 40.3 Å². The molecular formula is C60H109NO8. The Morgan fingerprint density at radius 2 is 0.899 bits per heavy atom. The standard InChI is InChI=1S/C60H109NO8/c1-3-5-7-9-11-13-15-17-19-21-23-25-26-27-28-30-32-34-36-38-40-42-44-46-48-50-56(64)61-53(52-68-60-59(67)58(66)57(65)55(51-62)69-60)54(63)49-47-45-43-41-39-37-35-33-31-29-24-22-20-18-16-14-12-10-8-6-4-2/h5,7,11,13,17,19,23,25,27-28,53-55,57-60,62-63,65-67H,3-4,6,8-10,12,14-16,18,20-22,24,26,29-52H2,1-2H3,(H,61,64)/b7-5-,13-11-,19-17-,25-23-,28-27-. The Kier molecular flexibility index (Phi) is 46.5. The number of carbonyl (C=O) groups excluding carboxylic acids is 1. The van der Waals surface area contributed by atoms with Crippen LogP contribution in [0.1, 0.15) is 258 Å². The van der Waals surface area contributed by atoms with E-state index < -0.39 is 49.5 Å². The van der Waals surface area contributed by atoms with Gasteiger partial charge in [0.1, 0.15) is 24.4 Å².